The van der Waals surface area contributed by atoms with Crippen LogP contribution in [0, 0.1) is 0 Å². The Morgan fingerprint density at radius 3 is 2.21 bits per heavy atom. The number of fused-ring (bicyclic) bond motifs is 1. The van der Waals surface area contributed by atoms with Gasteiger partial charge in [-0.05, 0) is 36.4 Å². The SMILES string of the molecule is O=c1ccc2c(n1-c1c(Cl)cccc1Cl)CC(N1CCN(Cc3ccccn3)CC1)N=C2c1ccccc1Cl. The van der Waals surface area contributed by atoms with Crippen molar-refractivity contribution in [3.05, 3.63) is 127 Å². The molecule has 0 saturated carbocycles. The summed E-state index contributed by atoms with van der Waals surface area (Å²) in [6, 6.07) is 22.4. The molecule has 4 heterocycles. The number of pyridine rings is 2. The Bertz CT molecular complexity index is 1580. The van der Waals surface area contributed by atoms with Crippen molar-refractivity contribution in [2.45, 2.75) is 19.1 Å². The van der Waals surface area contributed by atoms with Crippen molar-refractivity contribution in [2.75, 3.05) is 26.2 Å². The molecular weight excluding hydrogens is 553 g/mol. The average Bonchev–Trinajstić information content (AvgIpc) is 2.95. The van der Waals surface area contributed by atoms with Gasteiger partial charge < -0.3 is 0 Å². The van der Waals surface area contributed by atoms with E-state index in [9.17, 15) is 4.79 Å². The smallest absolute Gasteiger partial charge is 0.255 e. The fourth-order valence-corrected chi connectivity index (χ4v) is 6.19. The summed E-state index contributed by atoms with van der Waals surface area (Å²) in [7, 11) is 0. The number of para-hydroxylation sites is 1. The molecule has 0 radical (unpaired) electrons. The highest BCUT2D eigenvalue weighted by atomic mass is 35.5. The maximum atomic E-state index is 13.4. The molecule has 6 nitrogen and oxygen atoms in total. The predicted molar refractivity (Wildman–Crippen MR) is 158 cm³/mol. The zero-order valence-electron chi connectivity index (χ0n) is 21.1. The highest BCUT2D eigenvalue weighted by Crippen LogP contribution is 2.33. The number of hydrogen-bond acceptors (Lipinski definition) is 5. The van der Waals surface area contributed by atoms with Crippen LogP contribution < -0.4 is 5.56 Å². The molecule has 198 valence electrons. The largest absolute Gasteiger partial charge is 0.295 e. The van der Waals surface area contributed by atoms with Crippen molar-refractivity contribution in [1.29, 1.82) is 0 Å². The van der Waals surface area contributed by atoms with Gasteiger partial charge in [0.2, 0.25) is 0 Å². The second kappa shape index (κ2) is 11.2. The lowest BCUT2D eigenvalue weighted by Gasteiger charge is -2.39. The van der Waals surface area contributed by atoms with Gasteiger partial charge in [-0.25, -0.2) is 0 Å². The van der Waals surface area contributed by atoms with E-state index in [1.165, 1.54) is 0 Å². The Morgan fingerprint density at radius 1 is 0.769 bits per heavy atom. The Morgan fingerprint density at radius 2 is 1.49 bits per heavy atom. The molecule has 9 heteroatoms. The van der Waals surface area contributed by atoms with Crippen molar-refractivity contribution >= 4 is 40.5 Å². The highest BCUT2D eigenvalue weighted by Gasteiger charge is 2.32. The van der Waals surface area contributed by atoms with E-state index in [-0.39, 0.29) is 11.7 Å². The number of benzene rings is 2. The second-order valence-electron chi connectivity index (χ2n) is 9.71. The molecule has 0 N–H and O–H groups in total. The lowest BCUT2D eigenvalue weighted by molar-refractivity contribution is 0.0925. The minimum atomic E-state index is -0.192. The number of nitrogens with zero attached hydrogens (tertiary/aromatic N) is 5. The lowest BCUT2D eigenvalue weighted by atomic mass is 9.94. The molecule has 39 heavy (non-hydrogen) atoms. The topological polar surface area (TPSA) is 53.7 Å². The van der Waals surface area contributed by atoms with Gasteiger partial charge in [-0.3, -0.25) is 29.1 Å². The van der Waals surface area contributed by atoms with Crippen LogP contribution in [0.25, 0.3) is 5.69 Å². The molecule has 2 aliphatic rings. The van der Waals surface area contributed by atoms with Gasteiger partial charge in [0.05, 0.1) is 27.1 Å². The van der Waals surface area contributed by atoms with Crippen LogP contribution in [0.4, 0.5) is 0 Å². The summed E-state index contributed by atoms with van der Waals surface area (Å²) in [6.07, 6.45) is 2.21. The fraction of sp³-hybridized carbons (Fsp3) is 0.233. The fourth-order valence-electron chi connectivity index (χ4n) is 5.40. The van der Waals surface area contributed by atoms with Gasteiger partial charge in [-0.15, -0.1) is 0 Å². The van der Waals surface area contributed by atoms with Gasteiger partial charge in [0, 0.05) is 73.3 Å². The van der Waals surface area contributed by atoms with Crippen LogP contribution in [-0.2, 0) is 13.0 Å². The van der Waals surface area contributed by atoms with E-state index in [0.717, 1.165) is 61.0 Å². The summed E-state index contributed by atoms with van der Waals surface area (Å²) in [4.78, 5) is 27.9. The van der Waals surface area contributed by atoms with Crippen LogP contribution in [0.2, 0.25) is 15.1 Å². The zero-order chi connectivity index (χ0) is 26.9. The molecule has 0 bridgehead atoms. The lowest BCUT2D eigenvalue weighted by Crippen LogP contribution is -2.51. The number of hydrogen-bond donors (Lipinski definition) is 0. The second-order valence-corrected chi connectivity index (χ2v) is 10.9. The van der Waals surface area contributed by atoms with Crippen LogP contribution in [0.15, 0.2) is 88.8 Å². The van der Waals surface area contributed by atoms with E-state index < -0.39 is 0 Å². The molecule has 6 rings (SSSR count). The monoisotopic (exact) mass is 577 g/mol. The van der Waals surface area contributed by atoms with Crippen LogP contribution in [0.5, 0.6) is 0 Å². The molecule has 0 aliphatic carbocycles. The molecule has 2 aliphatic heterocycles. The summed E-state index contributed by atoms with van der Waals surface area (Å²) in [5.74, 6) is 0. The van der Waals surface area contributed by atoms with Crippen molar-refractivity contribution in [1.82, 2.24) is 19.4 Å². The molecule has 1 atom stereocenters. The Hall–Kier alpha value is -3.00. The van der Waals surface area contributed by atoms with E-state index in [4.69, 9.17) is 39.8 Å². The third kappa shape index (κ3) is 5.28. The molecule has 2 aromatic carbocycles. The highest BCUT2D eigenvalue weighted by molar-refractivity contribution is 6.38. The molecular formula is C30H26Cl3N5O. The van der Waals surface area contributed by atoms with E-state index in [0.29, 0.717) is 27.2 Å². The van der Waals surface area contributed by atoms with Crippen molar-refractivity contribution in [2.24, 2.45) is 4.99 Å². The maximum absolute atomic E-state index is 13.4. The zero-order valence-corrected chi connectivity index (χ0v) is 23.4. The summed E-state index contributed by atoms with van der Waals surface area (Å²) < 4.78 is 1.65. The van der Waals surface area contributed by atoms with Gasteiger partial charge in [-0.2, -0.15) is 0 Å². The number of halogens is 3. The Kier molecular flexibility index (Phi) is 7.56. The quantitative estimate of drug-likeness (QED) is 0.304. The van der Waals surface area contributed by atoms with Gasteiger partial charge in [0.1, 0.15) is 6.17 Å². The predicted octanol–water partition coefficient (Wildman–Crippen LogP) is 5.73. The minimum absolute atomic E-state index is 0.171. The van der Waals surface area contributed by atoms with Crippen molar-refractivity contribution in [3.8, 4) is 5.69 Å². The first-order chi connectivity index (χ1) is 19.0. The van der Waals surface area contributed by atoms with Crippen molar-refractivity contribution in [3.63, 3.8) is 0 Å². The minimum Gasteiger partial charge on any atom is -0.295 e. The molecule has 2 aromatic heterocycles. The van der Waals surface area contributed by atoms with E-state index in [2.05, 4.69) is 20.9 Å². The summed E-state index contributed by atoms with van der Waals surface area (Å²) in [5, 5.41) is 1.44. The standard InChI is InChI=1S/C30H26Cl3N5O/c31-23-8-2-1-7-21(23)29-22-11-12-28(39)38(30-24(32)9-5-10-25(30)33)26(22)18-27(35-29)37-16-14-36(15-17-37)19-20-6-3-4-13-34-20/h1-13,27H,14-19H2. The Labute approximate surface area is 242 Å². The normalized spacial score (nSPS) is 18.0. The molecule has 0 amide bonds. The van der Waals surface area contributed by atoms with E-state index >= 15 is 0 Å². The number of rotatable bonds is 5. The summed E-state index contributed by atoms with van der Waals surface area (Å²) in [5.41, 5.74) is 4.63. The molecule has 1 unspecified atom stereocenters. The van der Waals surface area contributed by atoms with Gasteiger partial charge in [-0.1, -0.05) is 65.1 Å². The molecule has 0 spiro atoms. The number of aromatic nitrogens is 2. The van der Waals surface area contributed by atoms with Crippen LogP contribution >= 0.6 is 34.8 Å². The van der Waals surface area contributed by atoms with Gasteiger partial charge in [0.15, 0.2) is 0 Å². The number of aliphatic imine (C=N–C) groups is 1. The summed E-state index contributed by atoms with van der Waals surface area (Å²) >= 11 is 19.9. The molecule has 4 aromatic rings. The van der Waals surface area contributed by atoms with E-state index in [1.807, 2.05) is 48.7 Å². The van der Waals surface area contributed by atoms with Crippen LogP contribution in [-0.4, -0.2) is 57.4 Å². The first kappa shape index (κ1) is 26.2. The number of piperazine rings is 1. The van der Waals surface area contributed by atoms with Crippen LogP contribution in [0.1, 0.15) is 22.5 Å². The van der Waals surface area contributed by atoms with E-state index in [1.54, 1.807) is 28.8 Å². The Balaban J connectivity index is 1.39. The maximum Gasteiger partial charge on any atom is 0.255 e. The molecule has 1 saturated heterocycles. The van der Waals surface area contributed by atoms with Crippen molar-refractivity contribution < 1.29 is 0 Å². The summed E-state index contributed by atoms with van der Waals surface area (Å²) in [6.45, 7) is 4.30. The average molecular weight is 579 g/mol. The van der Waals surface area contributed by atoms with Gasteiger partial charge >= 0.3 is 0 Å². The van der Waals surface area contributed by atoms with Crippen LogP contribution in [0.3, 0.4) is 0 Å². The first-order valence-electron chi connectivity index (χ1n) is 12.9. The third-order valence-electron chi connectivity index (χ3n) is 7.33. The van der Waals surface area contributed by atoms with Gasteiger partial charge in [0.25, 0.3) is 5.56 Å². The molecule has 1 fully saturated rings. The third-order valence-corrected chi connectivity index (χ3v) is 8.27. The first-order valence-corrected chi connectivity index (χ1v) is 14.0.